The van der Waals surface area contributed by atoms with Crippen LogP contribution in [-0.4, -0.2) is 36.0 Å². The third-order valence-corrected chi connectivity index (χ3v) is 5.19. The molecule has 0 radical (unpaired) electrons. The predicted octanol–water partition coefficient (Wildman–Crippen LogP) is 3.69. The summed E-state index contributed by atoms with van der Waals surface area (Å²) < 4.78 is 5.67. The van der Waals surface area contributed by atoms with Crippen LogP contribution in [0.25, 0.3) is 0 Å². The molecule has 0 unspecified atom stereocenters. The second kappa shape index (κ2) is 7.16. The summed E-state index contributed by atoms with van der Waals surface area (Å²) in [6.07, 6.45) is 2.14. The summed E-state index contributed by atoms with van der Waals surface area (Å²) in [5.74, 6) is -0.323. The highest BCUT2D eigenvalue weighted by atomic mass is 16.5. The molecule has 2 aliphatic heterocycles. The number of hydrogen-bond acceptors (Lipinski definition) is 3. The maximum atomic E-state index is 13.0. The molecule has 1 atom stereocenters. The van der Waals surface area contributed by atoms with Gasteiger partial charge in [0.2, 0.25) is 0 Å². The van der Waals surface area contributed by atoms with Crippen LogP contribution in [0.5, 0.6) is 0 Å². The number of fused-ring (bicyclic) bond motifs is 1. The highest BCUT2D eigenvalue weighted by Crippen LogP contribution is 2.28. The third-order valence-electron chi connectivity index (χ3n) is 5.19. The Balaban J connectivity index is 1.56. The molecule has 5 nitrogen and oxygen atoms in total. The zero-order valence-corrected chi connectivity index (χ0v) is 15.7. The van der Waals surface area contributed by atoms with E-state index in [2.05, 4.69) is 11.4 Å². The summed E-state index contributed by atoms with van der Waals surface area (Å²) in [5, 5.41) is 2.94. The van der Waals surface area contributed by atoms with Crippen molar-refractivity contribution in [3.8, 4) is 0 Å². The first-order chi connectivity index (χ1) is 13.0. The van der Waals surface area contributed by atoms with Gasteiger partial charge in [-0.25, -0.2) is 0 Å². The average Bonchev–Trinajstić information content (AvgIpc) is 3.23. The van der Waals surface area contributed by atoms with Crippen LogP contribution in [-0.2, 0) is 11.3 Å². The molecule has 1 N–H and O–H groups in total. The number of aryl methyl sites for hydroxylation is 2. The standard InChI is InChI=1S/C22H24N2O3/c1-14-9-15(2)11-17(10-14)23-21(25)19-7-3-5-16-12-24(22(26)20(16)19)13-18-6-4-8-27-18/h3,5,7,9-11,18H,4,6,8,12-13H2,1-2H3,(H,23,25)/t18-/m1/s1. The molecule has 0 aromatic heterocycles. The molecule has 140 valence electrons. The Morgan fingerprint density at radius 1 is 1.22 bits per heavy atom. The first kappa shape index (κ1) is 17.7. The lowest BCUT2D eigenvalue weighted by Gasteiger charge is -2.19. The number of amides is 2. The summed E-state index contributed by atoms with van der Waals surface area (Å²) in [5.41, 5.74) is 4.79. The first-order valence-electron chi connectivity index (χ1n) is 9.43. The molecule has 2 aliphatic rings. The van der Waals surface area contributed by atoms with Gasteiger partial charge < -0.3 is 15.0 Å². The van der Waals surface area contributed by atoms with Crippen LogP contribution in [0.1, 0.15) is 50.2 Å². The second-order valence-electron chi connectivity index (χ2n) is 7.49. The zero-order valence-electron chi connectivity index (χ0n) is 15.7. The van der Waals surface area contributed by atoms with E-state index in [1.807, 2.05) is 38.1 Å². The van der Waals surface area contributed by atoms with E-state index in [-0.39, 0.29) is 17.9 Å². The molecule has 1 fully saturated rings. The average molecular weight is 364 g/mol. The molecule has 0 saturated carbocycles. The Morgan fingerprint density at radius 3 is 2.70 bits per heavy atom. The fraction of sp³-hybridized carbons (Fsp3) is 0.364. The summed E-state index contributed by atoms with van der Waals surface area (Å²) in [6, 6.07) is 11.4. The second-order valence-corrected chi connectivity index (χ2v) is 7.49. The van der Waals surface area contributed by atoms with E-state index in [1.54, 1.807) is 11.0 Å². The summed E-state index contributed by atoms with van der Waals surface area (Å²) in [4.78, 5) is 27.6. The van der Waals surface area contributed by atoms with Gasteiger partial charge in [0.05, 0.1) is 17.2 Å². The van der Waals surface area contributed by atoms with Crippen molar-refractivity contribution in [2.75, 3.05) is 18.5 Å². The molecule has 0 spiro atoms. The van der Waals surface area contributed by atoms with Crippen LogP contribution >= 0.6 is 0 Å². The van der Waals surface area contributed by atoms with Gasteiger partial charge in [-0.2, -0.15) is 0 Å². The highest BCUT2D eigenvalue weighted by Gasteiger charge is 2.33. The molecular weight excluding hydrogens is 340 g/mol. The topological polar surface area (TPSA) is 58.6 Å². The Morgan fingerprint density at radius 2 is 2.00 bits per heavy atom. The maximum Gasteiger partial charge on any atom is 0.256 e. The van der Waals surface area contributed by atoms with Gasteiger partial charge in [0.15, 0.2) is 0 Å². The number of nitrogens with one attached hydrogen (secondary N) is 1. The minimum absolute atomic E-state index is 0.0772. The molecule has 2 heterocycles. The number of nitrogens with zero attached hydrogens (tertiary/aromatic N) is 1. The van der Waals surface area contributed by atoms with E-state index in [1.165, 1.54) is 0 Å². The van der Waals surface area contributed by atoms with E-state index >= 15 is 0 Å². The fourth-order valence-corrected chi connectivity index (χ4v) is 4.04. The minimum Gasteiger partial charge on any atom is -0.376 e. The van der Waals surface area contributed by atoms with Crippen LogP contribution in [0.4, 0.5) is 5.69 Å². The number of rotatable bonds is 4. The molecular formula is C22H24N2O3. The van der Waals surface area contributed by atoms with Crippen molar-refractivity contribution < 1.29 is 14.3 Å². The van der Waals surface area contributed by atoms with Gasteiger partial charge in [0.1, 0.15) is 0 Å². The predicted molar refractivity (Wildman–Crippen MR) is 104 cm³/mol. The van der Waals surface area contributed by atoms with Gasteiger partial charge in [0, 0.05) is 25.4 Å². The third kappa shape index (κ3) is 3.60. The van der Waals surface area contributed by atoms with Gasteiger partial charge in [-0.15, -0.1) is 0 Å². The van der Waals surface area contributed by atoms with Crippen LogP contribution in [0.2, 0.25) is 0 Å². The van der Waals surface area contributed by atoms with E-state index in [4.69, 9.17) is 4.74 Å². The lowest BCUT2D eigenvalue weighted by atomic mass is 10.0. The number of carbonyl (C=O) groups is 2. The Bertz CT molecular complexity index is 880. The lowest BCUT2D eigenvalue weighted by molar-refractivity contribution is 0.0544. The van der Waals surface area contributed by atoms with Crippen molar-refractivity contribution >= 4 is 17.5 Å². The van der Waals surface area contributed by atoms with Crippen molar-refractivity contribution in [2.24, 2.45) is 0 Å². The number of carbonyl (C=O) groups excluding carboxylic acids is 2. The highest BCUT2D eigenvalue weighted by molar-refractivity contribution is 6.13. The van der Waals surface area contributed by atoms with Crippen molar-refractivity contribution in [3.63, 3.8) is 0 Å². The molecule has 27 heavy (non-hydrogen) atoms. The lowest BCUT2D eigenvalue weighted by Crippen LogP contribution is -2.32. The zero-order chi connectivity index (χ0) is 19.0. The number of hydrogen-bond donors (Lipinski definition) is 1. The molecule has 4 rings (SSSR count). The molecule has 1 saturated heterocycles. The van der Waals surface area contributed by atoms with Crippen LogP contribution in [0.3, 0.4) is 0 Å². The normalized spacial score (nSPS) is 18.7. The van der Waals surface area contributed by atoms with Gasteiger partial charge in [-0.05, 0) is 61.6 Å². The van der Waals surface area contributed by atoms with Gasteiger partial charge in [0.25, 0.3) is 11.8 Å². The molecule has 5 heteroatoms. The van der Waals surface area contributed by atoms with Crippen molar-refractivity contribution in [3.05, 3.63) is 64.2 Å². The van der Waals surface area contributed by atoms with E-state index in [0.717, 1.165) is 41.8 Å². The monoisotopic (exact) mass is 364 g/mol. The summed E-state index contributed by atoms with van der Waals surface area (Å²) in [7, 11) is 0. The molecule has 0 aliphatic carbocycles. The van der Waals surface area contributed by atoms with Gasteiger partial charge in [-0.3, -0.25) is 9.59 Å². The number of anilines is 1. The number of ether oxygens (including phenoxy) is 1. The first-order valence-corrected chi connectivity index (χ1v) is 9.43. The van der Waals surface area contributed by atoms with Crippen LogP contribution in [0, 0.1) is 13.8 Å². The van der Waals surface area contributed by atoms with Crippen LogP contribution < -0.4 is 5.32 Å². The molecule has 0 bridgehead atoms. The van der Waals surface area contributed by atoms with E-state index < -0.39 is 0 Å². The van der Waals surface area contributed by atoms with Crippen LogP contribution in [0.15, 0.2) is 36.4 Å². The molecule has 2 aromatic carbocycles. The SMILES string of the molecule is Cc1cc(C)cc(NC(=O)c2cccc3c2C(=O)N(C[C@H]2CCCO2)C3)c1. The minimum atomic E-state index is -0.246. The summed E-state index contributed by atoms with van der Waals surface area (Å²) in [6.45, 7) is 5.89. The molecule has 2 amide bonds. The maximum absolute atomic E-state index is 13.0. The van der Waals surface area contributed by atoms with E-state index in [9.17, 15) is 9.59 Å². The van der Waals surface area contributed by atoms with Crippen molar-refractivity contribution in [1.82, 2.24) is 4.90 Å². The van der Waals surface area contributed by atoms with Gasteiger partial charge in [-0.1, -0.05) is 18.2 Å². The Kier molecular flexibility index (Phi) is 4.70. The largest absolute Gasteiger partial charge is 0.376 e. The fourth-order valence-electron chi connectivity index (χ4n) is 4.04. The van der Waals surface area contributed by atoms with E-state index in [0.29, 0.717) is 24.2 Å². The summed E-state index contributed by atoms with van der Waals surface area (Å²) >= 11 is 0. The Hall–Kier alpha value is -2.66. The quantitative estimate of drug-likeness (QED) is 0.900. The smallest absolute Gasteiger partial charge is 0.256 e. The molecule has 2 aromatic rings. The Labute approximate surface area is 159 Å². The number of benzene rings is 2. The van der Waals surface area contributed by atoms with Crippen molar-refractivity contribution in [2.45, 2.75) is 39.3 Å². The van der Waals surface area contributed by atoms with Gasteiger partial charge >= 0.3 is 0 Å². The van der Waals surface area contributed by atoms with Crippen molar-refractivity contribution in [1.29, 1.82) is 0 Å².